The smallest absolute Gasteiger partial charge is 0.256 e. The van der Waals surface area contributed by atoms with E-state index in [9.17, 15) is 9.18 Å². The molecule has 0 radical (unpaired) electrons. The molecular formula is C22H20FN3O3. The minimum absolute atomic E-state index is 0.313. The molecule has 0 aliphatic rings. The van der Waals surface area contributed by atoms with Gasteiger partial charge < -0.3 is 19.0 Å². The maximum atomic E-state index is 13.4. The van der Waals surface area contributed by atoms with Gasteiger partial charge in [0.05, 0.1) is 12.7 Å². The Balaban J connectivity index is 1.76. The van der Waals surface area contributed by atoms with Crippen LogP contribution < -0.4 is 10.1 Å². The largest absolute Gasteiger partial charge is 0.497 e. The first-order valence-corrected chi connectivity index (χ1v) is 9.08. The van der Waals surface area contributed by atoms with Gasteiger partial charge in [-0.05, 0) is 42.8 Å². The second-order valence-corrected chi connectivity index (χ2v) is 6.75. The van der Waals surface area contributed by atoms with Crippen molar-refractivity contribution in [2.75, 3.05) is 7.11 Å². The van der Waals surface area contributed by atoms with Crippen molar-refractivity contribution >= 4 is 16.9 Å². The number of carbonyl (C=O) groups is 1. The number of aromatic nitrogens is 2. The van der Waals surface area contributed by atoms with Crippen LogP contribution in [0.2, 0.25) is 0 Å². The number of carbonyl (C=O) groups excluding carboxylic acids is 1. The molecule has 29 heavy (non-hydrogen) atoms. The van der Waals surface area contributed by atoms with Crippen molar-refractivity contribution in [3.05, 3.63) is 83.4 Å². The van der Waals surface area contributed by atoms with Crippen LogP contribution in [-0.2, 0) is 7.05 Å². The number of imidazole rings is 1. The highest BCUT2D eigenvalue weighted by Gasteiger charge is 2.25. The van der Waals surface area contributed by atoms with E-state index in [0.29, 0.717) is 33.9 Å². The van der Waals surface area contributed by atoms with Crippen LogP contribution in [0.1, 0.15) is 33.5 Å². The number of hydrogen-bond acceptors (Lipinski definition) is 4. The highest BCUT2D eigenvalue weighted by atomic mass is 19.1. The highest BCUT2D eigenvalue weighted by Crippen LogP contribution is 2.30. The minimum Gasteiger partial charge on any atom is -0.497 e. The predicted molar refractivity (Wildman–Crippen MR) is 106 cm³/mol. The van der Waals surface area contributed by atoms with Gasteiger partial charge >= 0.3 is 0 Å². The number of rotatable bonds is 5. The number of benzene rings is 2. The molecule has 0 saturated carbocycles. The first kappa shape index (κ1) is 18.7. The second-order valence-electron chi connectivity index (χ2n) is 6.75. The molecule has 2 aromatic carbocycles. The minimum atomic E-state index is -0.557. The molecule has 1 atom stereocenters. The molecule has 1 amide bonds. The number of hydrogen-bond donors (Lipinski definition) is 1. The van der Waals surface area contributed by atoms with E-state index in [-0.39, 0.29) is 11.7 Å². The van der Waals surface area contributed by atoms with Crippen molar-refractivity contribution in [3.63, 3.8) is 0 Å². The highest BCUT2D eigenvalue weighted by molar-refractivity contribution is 6.07. The molecule has 0 saturated heterocycles. The van der Waals surface area contributed by atoms with Crippen LogP contribution in [0.5, 0.6) is 5.75 Å². The number of furan rings is 1. The molecule has 2 heterocycles. The molecule has 0 fully saturated rings. The molecule has 4 aromatic rings. The van der Waals surface area contributed by atoms with Gasteiger partial charge in [-0.2, -0.15) is 0 Å². The number of aryl methyl sites for hydroxylation is 2. The van der Waals surface area contributed by atoms with Crippen molar-refractivity contribution in [3.8, 4) is 5.75 Å². The summed E-state index contributed by atoms with van der Waals surface area (Å²) in [5, 5.41) is 3.69. The number of halogens is 1. The molecule has 0 bridgehead atoms. The summed E-state index contributed by atoms with van der Waals surface area (Å²) in [6.45, 7) is 1.75. The van der Waals surface area contributed by atoms with E-state index in [1.165, 1.54) is 12.1 Å². The maximum Gasteiger partial charge on any atom is 0.256 e. The fourth-order valence-electron chi connectivity index (χ4n) is 3.42. The van der Waals surface area contributed by atoms with Gasteiger partial charge in [0.2, 0.25) is 0 Å². The molecule has 0 aliphatic carbocycles. The normalized spacial score (nSPS) is 12.1. The zero-order valence-corrected chi connectivity index (χ0v) is 16.3. The molecule has 148 valence electrons. The lowest BCUT2D eigenvalue weighted by Gasteiger charge is -2.19. The Labute approximate surface area is 166 Å². The van der Waals surface area contributed by atoms with Gasteiger partial charge in [0, 0.05) is 24.8 Å². The van der Waals surface area contributed by atoms with E-state index in [1.807, 2.05) is 11.6 Å². The summed E-state index contributed by atoms with van der Waals surface area (Å²) >= 11 is 0. The SMILES string of the molecule is COc1ccc2oc(C)c(C(=O)N[C@@H](c3ccc(F)cc3)c3nccn3C)c2c1. The van der Waals surface area contributed by atoms with Gasteiger partial charge in [-0.1, -0.05) is 12.1 Å². The standard InChI is InChI=1S/C22H20FN3O3/c1-13-19(17-12-16(28-3)8-9-18(17)29-13)22(27)25-20(21-24-10-11-26(21)2)14-4-6-15(23)7-5-14/h4-12,20H,1-3H3,(H,25,27)/t20-/m0/s1. The fourth-order valence-corrected chi connectivity index (χ4v) is 3.42. The molecule has 2 aromatic heterocycles. The third-order valence-corrected chi connectivity index (χ3v) is 4.89. The van der Waals surface area contributed by atoms with E-state index < -0.39 is 6.04 Å². The summed E-state index contributed by atoms with van der Waals surface area (Å²) in [5.41, 5.74) is 1.75. The monoisotopic (exact) mass is 393 g/mol. The maximum absolute atomic E-state index is 13.4. The van der Waals surface area contributed by atoms with Gasteiger partial charge in [0.15, 0.2) is 0 Å². The van der Waals surface area contributed by atoms with Crippen LogP contribution in [-0.4, -0.2) is 22.6 Å². The van der Waals surface area contributed by atoms with Crippen LogP contribution >= 0.6 is 0 Å². The Morgan fingerprint density at radius 3 is 2.66 bits per heavy atom. The van der Waals surface area contributed by atoms with Crippen LogP contribution in [0.4, 0.5) is 4.39 Å². The number of methoxy groups -OCH3 is 1. The molecule has 1 N–H and O–H groups in total. The number of fused-ring (bicyclic) bond motifs is 1. The third-order valence-electron chi connectivity index (χ3n) is 4.89. The topological polar surface area (TPSA) is 69.3 Å². The van der Waals surface area contributed by atoms with Gasteiger partial charge in [0.25, 0.3) is 5.91 Å². The van der Waals surface area contributed by atoms with E-state index in [2.05, 4.69) is 10.3 Å². The molecule has 0 unspecified atom stereocenters. The van der Waals surface area contributed by atoms with Crippen LogP contribution in [0.15, 0.2) is 59.3 Å². The lowest BCUT2D eigenvalue weighted by atomic mass is 10.0. The molecule has 4 rings (SSSR count). The van der Waals surface area contributed by atoms with Crippen LogP contribution in [0.3, 0.4) is 0 Å². The molecule has 6 nitrogen and oxygen atoms in total. The van der Waals surface area contributed by atoms with Crippen molar-refractivity contribution in [1.82, 2.24) is 14.9 Å². The Kier molecular flexibility index (Phi) is 4.80. The molecule has 0 spiro atoms. The van der Waals surface area contributed by atoms with Crippen molar-refractivity contribution in [2.24, 2.45) is 7.05 Å². The number of ether oxygens (including phenoxy) is 1. The van der Waals surface area contributed by atoms with Crippen LogP contribution in [0, 0.1) is 12.7 Å². The van der Waals surface area contributed by atoms with Crippen molar-refractivity contribution in [2.45, 2.75) is 13.0 Å². The first-order valence-electron chi connectivity index (χ1n) is 9.08. The fraction of sp³-hybridized carbons (Fsp3) is 0.182. The zero-order valence-electron chi connectivity index (χ0n) is 16.3. The molecule has 7 heteroatoms. The summed E-state index contributed by atoms with van der Waals surface area (Å²) in [4.78, 5) is 17.6. The van der Waals surface area contributed by atoms with E-state index in [4.69, 9.17) is 9.15 Å². The summed E-state index contributed by atoms with van der Waals surface area (Å²) in [7, 11) is 3.41. The van der Waals surface area contributed by atoms with Gasteiger partial charge in [-0.3, -0.25) is 4.79 Å². The van der Waals surface area contributed by atoms with E-state index in [1.54, 1.807) is 56.8 Å². The van der Waals surface area contributed by atoms with Crippen molar-refractivity contribution < 1.29 is 18.3 Å². The first-order chi connectivity index (χ1) is 14.0. The Morgan fingerprint density at radius 2 is 2.00 bits per heavy atom. The van der Waals surface area contributed by atoms with Gasteiger partial charge in [0.1, 0.15) is 34.8 Å². The molecular weight excluding hydrogens is 373 g/mol. The average Bonchev–Trinajstić information content (AvgIpc) is 3.28. The number of amides is 1. The van der Waals surface area contributed by atoms with E-state index in [0.717, 1.165) is 5.56 Å². The van der Waals surface area contributed by atoms with Crippen molar-refractivity contribution in [1.29, 1.82) is 0 Å². The Bertz CT molecular complexity index is 1180. The predicted octanol–water partition coefficient (Wildman–Crippen LogP) is 4.14. The summed E-state index contributed by atoms with van der Waals surface area (Å²) in [6.07, 6.45) is 3.45. The Morgan fingerprint density at radius 1 is 1.24 bits per heavy atom. The third kappa shape index (κ3) is 3.47. The number of nitrogens with zero attached hydrogens (tertiary/aromatic N) is 2. The second kappa shape index (κ2) is 7.43. The lowest BCUT2D eigenvalue weighted by Crippen LogP contribution is -2.31. The van der Waals surface area contributed by atoms with Gasteiger partial charge in [-0.15, -0.1) is 0 Å². The number of nitrogens with one attached hydrogen (secondary N) is 1. The van der Waals surface area contributed by atoms with Crippen LogP contribution in [0.25, 0.3) is 11.0 Å². The summed E-state index contributed by atoms with van der Waals surface area (Å²) < 4.78 is 26.3. The summed E-state index contributed by atoms with van der Waals surface area (Å²) in [5.74, 6) is 1.11. The zero-order chi connectivity index (χ0) is 20.5. The van der Waals surface area contributed by atoms with E-state index >= 15 is 0 Å². The average molecular weight is 393 g/mol. The quantitative estimate of drug-likeness (QED) is 0.553. The lowest BCUT2D eigenvalue weighted by molar-refractivity contribution is 0.0941. The molecule has 0 aliphatic heterocycles. The summed E-state index contributed by atoms with van der Waals surface area (Å²) in [6, 6.07) is 10.8. The Hall–Kier alpha value is -3.61. The van der Waals surface area contributed by atoms with Gasteiger partial charge in [-0.25, -0.2) is 9.37 Å².